The van der Waals surface area contributed by atoms with Gasteiger partial charge in [0.1, 0.15) is 13.2 Å². The normalized spacial score (nSPS) is 12.5. The number of carbonyl (C=O) groups excluding carboxylic acids is 3. The number of esters is 3. The Morgan fingerprint density at radius 2 is 0.487 bits per heavy atom. The molecule has 0 radical (unpaired) electrons. The van der Waals surface area contributed by atoms with E-state index in [0.717, 1.165) is 122 Å². The quantitative estimate of drug-likeness (QED) is 0.0261. The molecule has 0 bridgehead atoms. The van der Waals surface area contributed by atoms with Crippen molar-refractivity contribution in [1.82, 2.24) is 0 Å². The zero-order chi connectivity index (χ0) is 57.8. The number of allylic oxidation sites excluding steroid dienone is 12. The fraction of sp³-hybridized carbons (Fsp3) is 0.797. The zero-order valence-corrected chi connectivity index (χ0v) is 53.3. The Bertz CT molecular complexity index is 1470. The number of hydrogen-bond acceptors (Lipinski definition) is 6. The van der Waals surface area contributed by atoms with Crippen LogP contribution in [-0.4, -0.2) is 37.2 Å². The van der Waals surface area contributed by atoms with Crippen LogP contribution in [0.4, 0.5) is 0 Å². The third-order valence-corrected chi connectivity index (χ3v) is 15.4. The first-order valence-electron chi connectivity index (χ1n) is 34.9. The van der Waals surface area contributed by atoms with Crippen molar-refractivity contribution in [1.29, 1.82) is 0 Å². The number of rotatable bonds is 64. The van der Waals surface area contributed by atoms with Gasteiger partial charge < -0.3 is 14.2 Å². The molecule has 0 aromatic heterocycles. The highest BCUT2D eigenvalue weighted by Gasteiger charge is 2.19. The predicted octanol–water partition coefficient (Wildman–Crippen LogP) is 24.1. The molecule has 0 aromatic rings. The summed E-state index contributed by atoms with van der Waals surface area (Å²) < 4.78 is 17.0. The van der Waals surface area contributed by atoms with E-state index in [1.807, 2.05) is 0 Å². The summed E-state index contributed by atoms with van der Waals surface area (Å²) in [6.45, 7) is 6.53. The highest BCUT2D eigenvalue weighted by atomic mass is 16.6. The molecule has 0 aromatic carbocycles. The Morgan fingerprint density at radius 1 is 0.263 bits per heavy atom. The van der Waals surface area contributed by atoms with Crippen LogP contribution in [0.3, 0.4) is 0 Å². The van der Waals surface area contributed by atoms with Crippen molar-refractivity contribution in [3.63, 3.8) is 0 Å². The summed E-state index contributed by atoms with van der Waals surface area (Å²) in [6.07, 6.45) is 89.3. The first kappa shape index (κ1) is 76.9. The van der Waals surface area contributed by atoms with Crippen molar-refractivity contribution in [2.24, 2.45) is 0 Å². The summed E-state index contributed by atoms with van der Waals surface area (Å²) in [7, 11) is 0. The lowest BCUT2D eigenvalue weighted by molar-refractivity contribution is -0.167. The van der Waals surface area contributed by atoms with Crippen LogP contribution in [0.15, 0.2) is 72.9 Å². The number of ether oxygens (including phenoxy) is 3. The zero-order valence-electron chi connectivity index (χ0n) is 53.3. The third kappa shape index (κ3) is 65.7. The maximum absolute atomic E-state index is 12.9. The Labute approximate surface area is 497 Å². The first-order chi connectivity index (χ1) is 39.5. The van der Waals surface area contributed by atoms with Crippen LogP contribution in [-0.2, 0) is 28.6 Å². The number of unbranched alkanes of at least 4 members (excludes halogenated alkanes) is 41. The number of hydrogen-bond donors (Lipinski definition) is 0. The topological polar surface area (TPSA) is 78.9 Å². The minimum absolute atomic E-state index is 0.0836. The van der Waals surface area contributed by atoms with Gasteiger partial charge in [0, 0.05) is 19.3 Å². The van der Waals surface area contributed by atoms with E-state index in [1.54, 1.807) is 0 Å². The van der Waals surface area contributed by atoms with E-state index >= 15 is 0 Å². The van der Waals surface area contributed by atoms with Crippen LogP contribution in [0.1, 0.15) is 361 Å². The summed E-state index contributed by atoms with van der Waals surface area (Å²) in [5, 5.41) is 0. The lowest BCUT2D eigenvalue weighted by Crippen LogP contribution is -2.30. The largest absolute Gasteiger partial charge is 0.462 e. The molecule has 0 fully saturated rings. The molecule has 0 rings (SSSR count). The fourth-order valence-electron chi connectivity index (χ4n) is 10.2. The van der Waals surface area contributed by atoms with Crippen LogP contribution in [0, 0.1) is 0 Å². The van der Waals surface area contributed by atoms with Gasteiger partial charge in [0.2, 0.25) is 0 Å². The molecule has 0 heterocycles. The van der Waals surface area contributed by atoms with Crippen molar-refractivity contribution in [3.8, 4) is 0 Å². The van der Waals surface area contributed by atoms with Gasteiger partial charge in [0.15, 0.2) is 6.10 Å². The van der Waals surface area contributed by atoms with Crippen LogP contribution in [0.2, 0.25) is 0 Å². The summed E-state index contributed by atoms with van der Waals surface area (Å²) in [5.41, 5.74) is 0. The van der Waals surface area contributed by atoms with Gasteiger partial charge in [-0.3, -0.25) is 14.4 Å². The van der Waals surface area contributed by atoms with E-state index in [0.29, 0.717) is 19.3 Å². The van der Waals surface area contributed by atoms with E-state index in [2.05, 4.69) is 93.7 Å². The highest BCUT2D eigenvalue weighted by molar-refractivity contribution is 5.71. The molecular weight excluding hydrogens is 985 g/mol. The Morgan fingerprint density at radius 3 is 0.787 bits per heavy atom. The number of carbonyl (C=O) groups is 3. The molecule has 1 atom stereocenters. The predicted molar refractivity (Wildman–Crippen MR) is 348 cm³/mol. The van der Waals surface area contributed by atoms with E-state index in [1.165, 1.54) is 199 Å². The second-order valence-corrected chi connectivity index (χ2v) is 23.4. The molecule has 0 amide bonds. The molecular formula is C74H132O6. The van der Waals surface area contributed by atoms with Crippen LogP contribution in [0.5, 0.6) is 0 Å². The van der Waals surface area contributed by atoms with E-state index in [-0.39, 0.29) is 31.1 Å². The minimum Gasteiger partial charge on any atom is -0.462 e. The molecule has 6 nitrogen and oxygen atoms in total. The molecule has 0 N–H and O–H groups in total. The van der Waals surface area contributed by atoms with Crippen molar-refractivity contribution in [2.75, 3.05) is 13.2 Å². The monoisotopic (exact) mass is 1120 g/mol. The SMILES string of the molecule is CC/C=C\C/C=C\C/C=C\CCCCCCCC(=O)OCC(COC(=O)CCCCCCCCCCCCCCCCCCCCCCCCCCCCCC)OC(=O)CCCCCCCC/C=C\C/C=C\C/C=C\CCCCC. The summed E-state index contributed by atoms with van der Waals surface area (Å²) in [6, 6.07) is 0. The molecule has 0 saturated carbocycles. The highest BCUT2D eigenvalue weighted by Crippen LogP contribution is 2.18. The molecule has 0 spiro atoms. The van der Waals surface area contributed by atoms with Gasteiger partial charge in [-0.2, -0.15) is 0 Å². The second kappa shape index (κ2) is 68.3. The van der Waals surface area contributed by atoms with Gasteiger partial charge in [0.05, 0.1) is 0 Å². The summed E-state index contributed by atoms with van der Waals surface area (Å²) in [5.74, 6) is -0.895. The molecule has 0 aliphatic heterocycles. The fourth-order valence-corrected chi connectivity index (χ4v) is 10.2. The van der Waals surface area contributed by atoms with Crippen LogP contribution in [0.25, 0.3) is 0 Å². The molecule has 0 aliphatic carbocycles. The summed E-state index contributed by atoms with van der Waals surface area (Å²) in [4.78, 5) is 38.4. The molecule has 6 heteroatoms. The van der Waals surface area contributed by atoms with Crippen LogP contribution < -0.4 is 0 Å². The van der Waals surface area contributed by atoms with Crippen molar-refractivity contribution >= 4 is 17.9 Å². The van der Waals surface area contributed by atoms with Crippen molar-refractivity contribution in [2.45, 2.75) is 367 Å². The average Bonchev–Trinajstić information content (AvgIpc) is 3.46. The molecule has 80 heavy (non-hydrogen) atoms. The molecule has 0 saturated heterocycles. The second-order valence-electron chi connectivity index (χ2n) is 23.4. The Hall–Kier alpha value is -3.15. The van der Waals surface area contributed by atoms with E-state index < -0.39 is 6.10 Å². The van der Waals surface area contributed by atoms with Gasteiger partial charge >= 0.3 is 17.9 Å². The minimum atomic E-state index is -0.791. The Balaban J connectivity index is 4.27. The molecule has 1 unspecified atom stereocenters. The van der Waals surface area contributed by atoms with Crippen molar-refractivity contribution < 1.29 is 28.6 Å². The van der Waals surface area contributed by atoms with Gasteiger partial charge in [0.25, 0.3) is 0 Å². The lowest BCUT2D eigenvalue weighted by Gasteiger charge is -2.18. The maximum Gasteiger partial charge on any atom is 0.306 e. The standard InChI is InChI=1S/C74H132O6/c1-4-7-10-13-16-19-22-25-28-30-32-33-34-35-36-37-38-39-40-42-43-46-49-52-55-58-61-64-67-73(76)79-70-71(69-78-72(75)66-63-60-57-54-51-48-45-27-24-21-18-15-12-9-6-3)80-74(77)68-65-62-59-56-53-50-47-44-41-31-29-26-23-20-17-14-11-8-5-2/h9,12,17-18,20-21,26-27,29,41,44-45,71H,4-8,10-11,13-16,19,22-25,28,30-40,42-43,46-70H2,1-3H3/b12-9-,20-17-,21-18-,29-26-,44-41-,45-27-. The van der Waals surface area contributed by atoms with Crippen molar-refractivity contribution in [3.05, 3.63) is 72.9 Å². The first-order valence-corrected chi connectivity index (χ1v) is 34.9. The molecule has 464 valence electrons. The maximum atomic E-state index is 12.9. The van der Waals surface area contributed by atoms with Gasteiger partial charge in [-0.1, -0.05) is 325 Å². The van der Waals surface area contributed by atoms with E-state index in [4.69, 9.17) is 14.2 Å². The smallest absolute Gasteiger partial charge is 0.306 e. The molecule has 0 aliphatic rings. The van der Waals surface area contributed by atoms with Gasteiger partial charge in [-0.15, -0.1) is 0 Å². The van der Waals surface area contributed by atoms with E-state index in [9.17, 15) is 14.4 Å². The Kier molecular flexibility index (Phi) is 65.7. The third-order valence-electron chi connectivity index (χ3n) is 15.4. The summed E-state index contributed by atoms with van der Waals surface area (Å²) >= 11 is 0. The van der Waals surface area contributed by atoms with Crippen LogP contribution >= 0.6 is 0 Å². The average molecular weight is 1120 g/mol. The van der Waals surface area contributed by atoms with Gasteiger partial charge in [-0.25, -0.2) is 0 Å². The van der Waals surface area contributed by atoms with Gasteiger partial charge in [-0.05, 0) is 89.9 Å². The lowest BCUT2D eigenvalue weighted by atomic mass is 10.0.